The van der Waals surface area contributed by atoms with E-state index in [1.54, 1.807) is 0 Å². The van der Waals surface area contributed by atoms with Crippen molar-refractivity contribution < 1.29 is 13.3 Å². The van der Waals surface area contributed by atoms with E-state index in [4.69, 9.17) is 18.2 Å². The van der Waals surface area contributed by atoms with Crippen molar-refractivity contribution in [1.29, 1.82) is 0 Å². The first kappa shape index (κ1) is 27.7. The summed E-state index contributed by atoms with van der Waals surface area (Å²) in [4.78, 5) is 4.91. The van der Waals surface area contributed by atoms with Crippen LogP contribution in [-0.2, 0) is 0 Å². The Balaban J connectivity index is 1.16. The van der Waals surface area contributed by atoms with Crippen LogP contribution in [-0.4, -0.2) is 9.55 Å². The monoisotopic (exact) mass is 666 g/mol. The zero-order valence-electron chi connectivity index (χ0n) is 27.6. The summed E-state index contributed by atoms with van der Waals surface area (Å²) >= 11 is 0. The van der Waals surface area contributed by atoms with Crippen LogP contribution in [0.25, 0.3) is 116 Å². The molecule has 12 aromatic rings. The second-order valence-electron chi connectivity index (χ2n) is 13.5. The van der Waals surface area contributed by atoms with Gasteiger partial charge >= 0.3 is 0 Å². The minimum absolute atomic E-state index is 0.607. The molecule has 0 aliphatic rings. The van der Waals surface area contributed by atoms with Crippen LogP contribution < -0.4 is 0 Å². The van der Waals surface area contributed by atoms with E-state index in [0.29, 0.717) is 5.89 Å². The maximum Gasteiger partial charge on any atom is 0.227 e. The standard InChI is InChI=1S/C47H26N2O3/c1-2-11-27(12-3-1)47-48-34-26-29(21-23-39(34)52-47)42-30-14-5-4-13-28(30)25-33-43-36(18-10-20-40(43)51-46(33)42)49-35-17-8-6-15-31(35)44-37(49)22-24-41-45(44)32-16-7-9-19-38(32)50-41/h1-26H. The van der Waals surface area contributed by atoms with Crippen LogP contribution in [0.1, 0.15) is 0 Å². The molecule has 52 heavy (non-hydrogen) atoms. The SMILES string of the molecule is c1ccc(-c2nc3cc(-c4c5ccccc5cc5c4oc4cccc(-n6c7ccccc7c7c8c(ccc76)oc6ccccc68)c45)ccc3o2)cc1. The van der Waals surface area contributed by atoms with Gasteiger partial charge in [-0.3, -0.25) is 0 Å². The molecule has 0 aliphatic heterocycles. The van der Waals surface area contributed by atoms with E-state index in [1.165, 1.54) is 10.8 Å². The molecule has 0 atom stereocenters. The van der Waals surface area contributed by atoms with Gasteiger partial charge in [0.15, 0.2) is 5.58 Å². The van der Waals surface area contributed by atoms with Crippen LogP contribution in [0.2, 0.25) is 0 Å². The number of hydrogen-bond donors (Lipinski definition) is 0. The first-order valence-corrected chi connectivity index (χ1v) is 17.5. The molecular weight excluding hydrogens is 641 g/mol. The van der Waals surface area contributed by atoms with Gasteiger partial charge in [0, 0.05) is 38.1 Å². The van der Waals surface area contributed by atoms with Crippen molar-refractivity contribution in [2.24, 2.45) is 0 Å². The van der Waals surface area contributed by atoms with Gasteiger partial charge in [-0.05, 0) is 83.1 Å². The first-order valence-electron chi connectivity index (χ1n) is 17.5. The zero-order valence-corrected chi connectivity index (χ0v) is 27.6. The van der Waals surface area contributed by atoms with E-state index >= 15 is 0 Å². The summed E-state index contributed by atoms with van der Waals surface area (Å²) in [6, 6.07) is 54.8. The van der Waals surface area contributed by atoms with Gasteiger partial charge < -0.3 is 17.8 Å². The average molecular weight is 667 g/mol. The van der Waals surface area contributed by atoms with E-state index < -0.39 is 0 Å². The predicted octanol–water partition coefficient (Wildman–Crippen LogP) is 13.2. The highest BCUT2D eigenvalue weighted by Gasteiger charge is 2.23. The van der Waals surface area contributed by atoms with E-state index in [1.807, 2.05) is 48.5 Å². The Hall–Kier alpha value is -7.11. The highest BCUT2D eigenvalue weighted by atomic mass is 16.3. The third kappa shape index (κ3) is 3.74. The lowest BCUT2D eigenvalue weighted by Gasteiger charge is -2.11. The largest absolute Gasteiger partial charge is 0.456 e. The van der Waals surface area contributed by atoms with Gasteiger partial charge in [-0.25, -0.2) is 4.98 Å². The molecule has 4 heterocycles. The number of aromatic nitrogens is 2. The highest BCUT2D eigenvalue weighted by molar-refractivity contribution is 6.28. The number of rotatable bonds is 3. The summed E-state index contributed by atoms with van der Waals surface area (Å²) in [6.07, 6.45) is 0. The van der Waals surface area contributed by atoms with Crippen LogP contribution >= 0.6 is 0 Å². The number of furan rings is 2. The first-order chi connectivity index (χ1) is 25.8. The maximum absolute atomic E-state index is 6.94. The molecule has 0 amide bonds. The molecule has 0 saturated carbocycles. The summed E-state index contributed by atoms with van der Waals surface area (Å²) in [5.74, 6) is 0.607. The van der Waals surface area contributed by atoms with Crippen molar-refractivity contribution in [2.45, 2.75) is 0 Å². The Labute approximate surface area is 295 Å². The van der Waals surface area contributed by atoms with E-state index in [9.17, 15) is 0 Å². The molecule has 0 unspecified atom stereocenters. The maximum atomic E-state index is 6.94. The number of benzene rings is 8. The summed E-state index contributed by atoms with van der Waals surface area (Å²) in [5.41, 5.74) is 11.3. The lowest BCUT2D eigenvalue weighted by molar-refractivity contribution is 0.620. The number of nitrogens with zero attached hydrogens (tertiary/aromatic N) is 2. The van der Waals surface area contributed by atoms with Gasteiger partial charge in [0.25, 0.3) is 0 Å². The Morgan fingerprint density at radius 2 is 1.17 bits per heavy atom. The molecule has 0 fully saturated rings. The normalized spacial score (nSPS) is 12.2. The molecule has 8 aromatic carbocycles. The fourth-order valence-corrected chi connectivity index (χ4v) is 8.40. The zero-order chi connectivity index (χ0) is 33.9. The minimum atomic E-state index is 0.607. The van der Waals surface area contributed by atoms with Crippen LogP contribution in [0.3, 0.4) is 0 Å². The molecule has 5 heteroatoms. The molecule has 12 rings (SSSR count). The van der Waals surface area contributed by atoms with E-state index in [2.05, 4.69) is 114 Å². The van der Waals surface area contributed by atoms with Crippen molar-refractivity contribution in [2.75, 3.05) is 0 Å². The van der Waals surface area contributed by atoms with Crippen LogP contribution in [0, 0.1) is 0 Å². The van der Waals surface area contributed by atoms with Gasteiger partial charge in [0.2, 0.25) is 5.89 Å². The Kier molecular flexibility index (Phi) is 5.44. The number of fused-ring (bicyclic) bond motifs is 12. The topological polar surface area (TPSA) is 57.2 Å². The summed E-state index contributed by atoms with van der Waals surface area (Å²) in [5, 5.41) is 9.01. The Morgan fingerprint density at radius 3 is 2.10 bits per heavy atom. The average Bonchev–Trinajstić information content (AvgIpc) is 3.97. The number of para-hydroxylation sites is 2. The lowest BCUT2D eigenvalue weighted by atomic mass is 9.94. The Bertz CT molecular complexity index is 3410. The molecule has 4 aromatic heterocycles. The van der Waals surface area contributed by atoms with Gasteiger partial charge in [-0.1, -0.05) is 91.0 Å². The van der Waals surface area contributed by atoms with Crippen LogP contribution in [0.5, 0.6) is 0 Å². The lowest BCUT2D eigenvalue weighted by Crippen LogP contribution is -1.94. The molecular formula is C47H26N2O3. The second-order valence-corrected chi connectivity index (χ2v) is 13.5. The fraction of sp³-hybridized carbons (Fsp3) is 0. The van der Waals surface area contributed by atoms with Crippen molar-refractivity contribution in [3.05, 3.63) is 158 Å². The van der Waals surface area contributed by atoms with Crippen molar-refractivity contribution in [3.8, 4) is 28.3 Å². The van der Waals surface area contributed by atoms with E-state index in [0.717, 1.165) is 99.2 Å². The molecule has 0 radical (unpaired) electrons. The molecule has 0 aliphatic carbocycles. The molecule has 242 valence electrons. The number of hydrogen-bond acceptors (Lipinski definition) is 4. The quantitative estimate of drug-likeness (QED) is 0.188. The predicted molar refractivity (Wildman–Crippen MR) is 211 cm³/mol. The third-order valence-corrected chi connectivity index (χ3v) is 10.6. The van der Waals surface area contributed by atoms with Gasteiger partial charge in [0.05, 0.1) is 22.1 Å². The molecule has 5 nitrogen and oxygen atoms in total. The molecule has 0 bridgehead atoms. The molecule has 0 spiro atoms. The fourth-order valence-electron chi connectivity index (χ4n) is 8.40. The van der Waals surface area contributed by atoms with Gasteiger partial charge in [0.1, 0.15) is 27.8 Å². The van der Waals surface area contributed by atoms with Gasteiger partial charge in [-0.15, -0.1) is 0 Å². The van der Waals surface area contributed by atoms with Crippen molar-refractivity contribution >= 4 is 87.6 Å². The van der Waals surface area contributed by atoms with Gasteiger partial charge in [-0.2, -0.15) is 0 Å². The smallest absolute Gasteiger partial charge is 0.227 e. The highest BCUT2D eigenvalue weighted by Crippen LogP contribution is 2.46. The summed E-state index contributed by atoms with van der Waals surface area (Å²) in [6.45, 7) is 0. The van der Waals surface area contributed by atoms with Crippen molar-refractivity contribution in [3.63, 3.8) is 0 Å². The number of oxazole rings is 1. The third-order valence-electron chi connectivity index (χ3n) is 10.6. The minimum Gasteiger partial charge on any atom is -0.456 e. The van der Waals surface area contributed by atoms with Crippen molar-refractivity contribution in [1.82, 2.24) is 9.55 Å². The molecule has 0 saturated heterocycles. The Morgan fingerprint density at radius 1 is 0.423 bits per heavy atom. The van der Waals surface area contributed by atoms with Crippen LogP contribution in [0.15, 0.2) is 171 Å². The molecule has 0 N–H and O–H groups in total. The summed E-state index contributed by atoms with van der Waals surface area (Å²) in [7, 11) is 0. The van der Waals surface area contributed by atoms with Crippen LogP contribution in [0.4, 0.5) is 0 Å². The summed E-state index contributed by atoms with van der Waals surface area (Å²) < 4.78 is 21.9. The second kappa shape index (κ2) is 10.2. The van der Waals surface area contributed by atoms with E-state index in [-0.39, 0.29) is 0 Å².